The van der Waals surface area contributed by atoms with E-state index < -0.39 is 0 Å². The molecular weight excluding hydrogens is 244 g/mol. The molecule has 0 radical (unpaired) electrons. The molecule has 2 aromatic carbocycles. The minimum atomic E-state index is 0.632. The van der Waals surface area contributed by atoms with Crippen molar-refractivity contribution in [1.82, 2.24) is 0 Å². The zero-order chi connectivity index (χ0) is 11.4. The molecule has 2 aliphatic rings. The van der Waals surface area contributed by atoms with Gasteiger partial charge in [-0.05, 0) is 35.7 Å². The van der Waals surface area contributed by atoms with Crippen molar-refractivity contribution in [1.29, 1.82) is 0 Å². The third kappa shape index (κ3) is 1.40. The second kappa shape index (κ2) is 3.56. The number of hydrogen-bond donors (Lipinski definition) is 0. The van der Waals surface area contributed by atoms with Crippen molar-refractivity contribution in [3.63, 3.8) is 0 Å². The fraction of sp³-hybridized carbons (Fsp3) is 0.200. The molecule has 2 atom stereocenters. The van der Waals surface area contributed by atoms with Gasteiger partial charge in [0.25, 0.3) is 0 Å². The summed E-state index contributed by atoms with van der Waals surface area (Å²) in [6, 6.07) is 15.8. The van der Waals surface area contributed by atoms with Gasteiger partial charge >= 0.3 is 0 Å². The van der Waals surface area contributed by atoms with Crippen LogP contribution in [0.15, 0.2) is 52.3 Å². The Balaban J connectivity index is 1.84. The van der Waals surface area contributed by atoms with Gasteiger partial charge < -0.3 is 0 Å². The average molecular weight is 256 g/mol. The Kier molecular flexibility index (Phi) is 2.12. The Labute approximate surface area is 110 Å². The summed E-state index contributed by atoms with van der Waals surface area (Å²) in [5.74, 6) is 0. The van der Waals surface area contributed by atoms with Crippen molar-refractivity contribution in [2.75, 3.05) is 0 Å². The maximum atomic E-state index is 2.33. The summed E-state index contributed by atoms with van der Waals surface area (Å²) in [6.45, 7) is 2.18. The molecule has 0 amide bonds. The van der Waals surface area contributed by atoms with E-state index in [2.05, 4.69) is 49.4 Å². The summed E-state index contributed by atoms with van der Waals surface area (Å²) in [6.07, 6.45) is 0. The Morgan fingerprint density at radius 1 is 0.824 bits per heavy atom. The summed E-state index contributed by atoms with van der Waals surface area (Å²) in [4.78, 5) is 2.96. The fourth-order valence-electron chi connectivity index (χ4n) is 2.65. The zero-order valence-corrected chi connectivity index (χ0v) is 11.1. The van der Waals surface area contributed by atoms with E-state index in [-0.39, 0.29) is 0 Å². The SMILES string of the molecule is Cc1ccc2c(c1)SC1c3ccccc3SC21. The molecule has 2 heterocycles. The lowest BCUT2D eigenvalue weighted by molar-refractivity contribution is 0.938. The highest BCUT2D eigenvalue weighted by molar-refractivity contribution is 8.05. The quantitative estimate of drug-likeness (QED) is 0.651. The summed E-state index contributed by atoms with van der Waals surface area (Å²) >= 11 is 4.08. The van der Waals surface area contributed by atoms with Crippen LogP contribution in [-0.4, -0.2) is 0 Å². The minimum absolute atomic E-state index is 0.632. The van der Waals surface area contributed by atoms with Crippen molar-refractivity contribution < 1.29 is 0 Å². The molecule has 0 N–H and O–H groups in total. The molecule has 0 bridgehead atoms. The predicted molar refractivity (Wildman–Crippen MR) is 74.8 cm³/mol. The van der Waals surface area contributed by atoms with Crippen LogP contribution in [0.5, 0.6) is 0 Å². The van der Waals surface area contributed by atoms with Gasteiger partial charge in [0.05, 0.1) is 10.5 Å². The molecule has 84 valence electrons. The lowest BCUT2D eigenvalue weighted by Gasteiger charge is -2.07. The highest BCUT2D eigenvalue weighted by atomic mass is 32.2. The summed E-state index contributed by atoms with van der Waals surface area (Å²) in [5.41, 5.74) is 4.43. The summed E-state index contributed by atoms with van der Waals surface area (Å²) < 4.78 is 0. The van der Waals surface area contributed by atoms with Crippen LogP contribution in [0.3, 0.4) is 0 Å². The second-order valence-corrected chi connectivity index (χ2v) is 7.02. The molecular formula is C15H12S2. The minimum Gasteiger partial charge on any atom is -0.116 e. The number of rotatable bonds is 0. The molecule has 2 unspecified atom stereocenters. The van der Waals surface area contributed by atoms with Crippen LogP contribution >= 0.6 is 23.5 Å². The normalized spacial score (nSPS) is 24.3. The van der Waals surface area contributed by atoms with Crippen LogP contribution in [0.25, 0.3) is 0 Å². The first kappa shape index (κ1) is 10.1. The maximum Gasteiger partial charge on any atom is 0.0519 e. The van der Waals surface area contributed by atoms with Crippen molar-refractivity contribution >= 4 is 23.5 Å². The molecule has 2 aromatic rings. The van der Waals surface area contributed by atoms with Crippen LogP contribution in [0.2, 0.25) is 0 Å². The first-order chi connectivity index (χ1) is 8.33. The van der Waals surface area contributed by atoms with E-state index in [1.165, 1.54) is 26.5 Å². The van der Waals surface area contributed by atoms with E-state index >= 15 is 0 Å². The molecule has 0 saturated heterocycles. The Morgan fingerprint density at radius 2 is 1.53 bits per heavy atom. The largest absolute Gasteiger partial charge is 0.116 e. The van der Waals surface area contributed by atoms with Gasteiger partial charge in [0.2, 0.25) is 0 Å². The molecule has 0 aliphatic carbocycles. The number of thioether (sulfide) groups is 2. The standard InChI is InChI=1S/C15H12S2/c1-9-6-7-11-13(8-9)17-14-10-4-2-3-5-12(10)16-15(11)14/h2-8,14-15H,1H3. The van der Waals surface area contributed by atoms with Crippen LogP contribution in [0, 0.1) is 6.92 Å². The first-order valence-electron chi connectivity index (χ1n) is 5.86. The van der Waals surface area contributed by atoms with E-state index in [0.717, 1.165) is 0 Å². The van der Waals surface area contributed by atoms with Crippen LogP contribution in [0.1, 0.15) is 27.2 Å². The molecule has 0 aromatic heterocycles. The van der Waals surface area contributed by atoms with Crippen molar-refractivity contribution in [2.45, 2.75) is 27.2 Å². The van der Waals surface area contributed by atoms with Gasteiger partial charge in [-0.1, -0.05) is 30.3 Å². The predicted octanol–water partition coefficient (Wildman–Crippen LogP) is 4.99. The van der Waals surface area contributed by atoms with Crippen LogP contribution in [0.4, 0.5) is 0 Å². The molecule has 17 heavy (non-hydrogen) atoms. The lowest BCUT2D eigenvalue weighted by Crippen LogP contribution is -1.91. The number of benzene rings is 2. The zero-order valence-electron chi connectivity index (χ0n) is 9.51. The van der Waals surface area contributed by atoms with Gasteiger partial charge in [-0.15, -0.1) is 23.5 Å². The molecule has 0 saturated carbocycles. The van der Waals surface area contributed by atoms with Gasteiger partial charge in [0.15, 0.2) is 0 Å². The van der Waals surface area contributed by atoms with Gasteiger partial charge in [0.1, 0.15) is 0 Å². The second-order valence-electron chi connectivity index (χ2n) is 4.66. The maximum absolute atomic E-state index is 2.33. The third-order valence-electron chi connectivity index (χ3n) is 3.48. The molecule has 4 rings (SSSR count). The van der Waals surface area contributed by atoms with Gasteiger partial charge in [-0.25, -0.2) is 0 Å². The molecule has 0 nitrogen and oxygen atoms in total. The van der Waals surface area contributed by atoms with Gasteiger partial charge in [-0.2, -0.15) is 0 Å². The monoisotopic (exact) mass is 256 g/mol. The van der Waals surface area contributed by atoms with Crippen LogP contribution in [-0.2, 0) is 0 Å². The smallest absolute Gasteiger partial charge is 0.0519 e. The molecule has 0 fully saturated rings. The average Bonchev–Trinajstić information content (AvgIpc) is 2.84. The lowest BCUT2D eigenvalue weighted by atomic mass is 10.0. The number of hydrogen-bond acceptors (Lipinski definition) is 2. The van der Waals surface area contributed by atoms with E-state index in [4.69, 9.17) is 0 Å². The van der Waals surface area contributed by atoms with Crippen molar-refractivity contribution in [2.24, 2.45) is 0 Å². The van der Waals surface area contributed by atoms with Crippen molar-refractivity contribution in [3.05, 3.63) is 59.2 Å². The molecule has 0 spiro atoms. The van der Waals surface area contributed by atoms with E-state index in [9.17, 15) is 0 Å². The topological polar surface area (TPSA) is 0 Å². The van der Waals surface area contributed by atoms with Gasteiger partial charge in [0, 0.05) is 9.79 Å². The van der Waals surface area contributed by atoms with Gasteiger partial charge in [-0.3, -0.25) is 0 Å². The fourth-order valence-corrected chi connectivity index (χ4v) is 5.96. The summed E-state index contributed by atoms with van der Waals surface area (Å²) in [5, 5.41) is 1.26. The Morgan fingerprint density at radius 3 is 2.41 bits per heavy atom. The Bertz CT molecular complexity index is 604. The summed E-state index contributed by atoms with van der Waals surface area (Å²) in [7, 11) is 0. The van der Waals surface area contributed by atoms with E-state index in [0.29, 0.717) is 10.5 Å². The van der Waals surface area contributed by atoms with E-state index in [1.54, 1.807) is 0 Å². The van der Waals surface area contributed by atoms with E-state index in [1.807, 2.05) is 23.5 Å². The first-order valence-corrected chi connectivity index (χ1v) is 7.62. The van der Waals surface area contributed by atoms with Crippen molar-refractivity contribution in [3.8, 4) is 0 Å². The Hall–Kier alpha value is -0.860. The molecule has 2 aliphatic heterocycles. The number of fused-ring (bicyclic) bond motifs is 5. The number of aryl methyl sites for hydroxylation is 1. The molecule has 2 heteroatoms. The van der Waals surface area contributed by atoms with Crippen LogP contribution < -0.4 is 0 Å². The highest BCUT2D eigenvalue weighted by Crippen LogP contribution is 2.66. The highest BCUT2D eigenvalue weighted by Gasteiger charge is 2.40. The third-order valence-corrected chi connectivity index (χ3v) is 6.45.